The topological polar surface area (TPSA) is 88.8 Å². The molecule has 5 rings (SSSR count). The molecule has 9 heteroatoms. The fraction of sp³-hybridized carbons (Fsp3) is 0.389. The van der Waals surface area contributed by atoms with Crippen molar-refractivity contribution in [1.82, 2.24) is 9.13 Å². The Morgan fingerprint density at radius 2 is 1.93 bits per heavy atom. The van der Waals surface area contributed by atoms with E-state index in [1.165, 1.54) is 16.8 Å². The van der Waals surface area contributed by atoms with Gasteiger partial charge in [0, 0.05) is 23.2 Å². The molecule has 8 nitrogen and oxygen atoms in total. The SMILES string of the molecule is O=C(c1ccccc1)n1c(=O)ccn([C@@H]2O[C@@H]3COSO[C@H]3C23CC3)c1=O. The van der Waals surface area contributed by atoms with E-state index < -0.39 is 23.4 Å². The van der Waals surface area contributed by atoms with Gasteiger partial charge in [0.2, 0.25) is 0 Å². The highest BCUT2D eigenvalue weighted by Gasteiger charge is 2.66. The van der Waals surface area contributed by atoms with Gasteiger partial charge in [-0.15, -0.1) is 0 Å². The van der Waals surface area contributed by atoms with Crippen molar-refractivity contribution in [2.45, 2.75) is 31.3 Å². The minimum atomic E-state index is -0.708. The molecule has 1 aliphatic carbocycles. The molecule has 0 amide bonds. The summed E-state index contributed by atoms with van der Waals surface area (Å²) in [6.07, 6.45) is 2.02. The van der Waals surface area contributed by atoms with Gasteiger partial charge in [0.15, 0.2) is 12.3 Å². The number of hydrogen-bond acceptors (Lipinski definition) is 7. The molecule has 1 spiro atoms. The van der Waals surface area contributed by atoms with E-state index in [1.54, 1.807) is 30.3 Å². The van der Waals surface area contributed by atoms with Crippen LogP contribution >= 0.6 is 12.3 Å². The van der Waals surface area contributed by atoms with E-state index >= 15 is 0 Å². The van der Waals surface area contributed by atoms with Crippen LogP contribution in [0.1, 0.15) is 29.4 Å². The fourth-order valence-electron chi connectivity index (χ4n) is 3.92. The number of benzene rings is 1. The number of carbonyl (C=O) groups is 1. The van der Waals surface area contributed by atoms with Gasteiger partial charge in [-0.05, 0) is 25.0 Å². The number of fused-ring (bicyclic) bond motifs is 2. The Kier molecular flexibility index (Phi) is 3.87. The molecule has 1 aromatic carbocycles. The number of carbonyl (C=O) groups excluding carboxylic acids is 1. The highest BCUT2D eigenvalue weighted by molar-refractivity contribution is 7.89. The van der Waals surface area contributed by atoms with Crippen molar-refractivity contribution in [3.05, 3.63) is 69.0 Å². The third-order valence-electron chi connectivity index (χ3n) is 5.44. The Morgan fingerprint density at radius 3 is 2.67 bits per heavy atom. The number of ether oxygens (including phenoxy) is 1. The second-order valence-corrected chi connectivity index (χ2v) is 7.54. The molecule has 3 heterocycles. The van der Waals surface area contributed by atoms with Crippen molar-refractivity contribution in [2.75, 3.05) is 6.61 Å². The second kappa shape index (κ2) is 6.16. The Morgan fingerprint density at radius 1 is 1.15 bits per heavy atom. The van der Waals surface area contributed by atoms with Crippen molar-refractivity contribution < 1.29 is 17.9 Å². The maximum Gasteiger partial charge on any atom is 0.340 e. The van der Waals surface area contributed by atoms with Gasteiger partial charge in [-0.3, -0.25) is 22.5 Å². The minimum Gasteiger partial charge on any atom is -0.349 e. The summed E-state index contributed by atoms with van der Waals surface area (Å²) in [5.74, 6) is -0.657. The number of rotatable bonds is 2. The first-order valence-electron chi connectivity index (χ1n) is 8.66. The number of nitrogens with zero attached hydrogens (tertiary/aromatic N) is 2. The van der Waals surface area contributed by atoms with Gasteiger partial charge in [-0.25, -0.2) is 4.79 Å². The molecule has 3 atom stereocenters. The van der Waals surface area contributed by atoms with Crippen LogP contribution in [0.4, 0.5) is 0 Å². The maximum absolute atomic E-state index is 13.1. The van der Waals surface area contributed by atoms with E-state index in [1.807, 2.05) is 0 Å². The maximum atomic E-state index is 13.1. The first-order valence-corrected chi connectivity index (χ1v) is 9.33. The summed E-state index contributed by atoms with van der Waals surface area (Å²) in [6, 6.07) is 9.47. The smallest absolute Gasteiger partial charge is 0.340 e. The van der Waals surface area contributed by atoms with Crippen molar-refractivity contribution in [1.29, 1.82) is 0 Å². The van der Waals surface area contributed by atoms with E-state index in [0.29, 0.717) is 11.2 Å². The highest BCUT2D eigenvalue weighted by atomic mass is 32.2. The van der Waals surface area contributed by atoms with Crippen molar-refractivity contribution in [2.24, 2.45) is 5.41 Å². The summed E-state index contributed by atoms with van der Waals surface area (Å²) < 4.78 is 18.9. The molecule has 2 aromatic rings. The normalized spacial score (nSPS) is 28.1. The van der Waals surface area contributed by atoms with Crippen LogP contribution < -0.4 is 11.2 Å². The molecule has 3 aliphatic rings. The molecule has 2 aliphatic heterocycles. The van der Waals surface area contributed by atoms with Gasteiger partial charge < -0.3 is 4.74 Å². The summed E-state index contributed by atoms with van der Waals surface area (Å²) in [5, 5.41) is 0. The lowest BCUT2D eigenvalue weighted by Crippen LogP contribution is -2.45. The molecule has 0 N–H and O–H groups in total. The largest absolute Gasteiger partial charge is 0.349 e. The van der Waals surface area contributed by atoms with E-state index in [4.69, 9.17) is 13.1 Å². The summed E-state index contributed by atoms with van der Waals surface area (Å²) in [4.78, 5) is 38.1. The van der Waals surface area contributed by atoms with Gasteiger partial charge in [0.25, 0.3) is 11.5 Å². The predicted molar refractivity (Wildman–Crippen MR) is 95.1 cm³/mol. The molecule has 0 radical (unpaired) electrons. The predicted octanol–water partition coefficient (Wildman–Crippen LogP) is 1.35. The first kappa shape index (κ1) is 16.9. The van der Waals surface area contributed by atoms with Crippen LogP contribution in [-0.2, 0) is 13.1 Å². The Balaban J connectivity index is 1.58. The Labute approximate surface area is 158 Å². The standard InChI is InChI=1S/C18H16N2O6S/c21-13-6-9-19(17(23)20(13)15(22)11-4-2-1-3-5-11)16-18(7-8-18)14-12(25-16)10-24-27-26-14/h1-6,9,12,14,16H,7-8,10H2/t12-,14-,16-/m1/s1. The van der Waals surface area contributed by atoms with E-state index in [-0.39, 0.29) is 23.2 Å². The molecule has 2 saturated heterocycles. The molecule has 1 aromatic heterocycles. The third kappa shape index (κ3) is 2.53. The fourth-order valence-corrected chi connectivity index (χ4v) is 4.56. The molecule has 0 unspecified atom stereocenters. The number of aromatic nitrogens is 2. The van der Waals surface area contributed by atoms with Crippen LogP contribution in [0.3, 0.4) is 0 Å². The molecule has 3 fully saturated rings. The van der Waals surface area contributed by atoms with Gasteiger partial charge in [0.1, 0.15) is 18.4 Å². The molecule has 27 heavy (non-hydrogen) atoms. The lowest BCUT2D eigenvalue weighted by Gasteiger charge is -2.25. The summed E-state index contributed by atoms with van der Waals surface area (Å²) in [5.41, 5.74) is -1.44. The van der Waals surface area contributed by atoms with Crippen LogP contribution in [0.2, 0.25) is 0 Å². The average Bonchev–Trinajstić information content (AvgIpc) is 3.42. The van der Waals surface area contributed by atoms with Crippen molar-refractivity contribution >= 4 is 18.2 Å². The van der Waals surface area contributed by atoms with Crippen LogP contribution in [0.25, 0.3) is 0 Å². The highest BCUT2D eigenvalue weighted by Crippen LogP contribution is 2.64. The lowest BCUT2D eigenvalue weighted by atomic mass is 9.96. The first-order chi connectivity index (χ1) is 13.1. The van der Waals surface area contributed by atoms with Crippen molar-refractivity contribution in [3.8, 4) is 0 Å². The van der Waals surface area contributed by atoms with Gasteiger partial charge >= 0.3 is 5.69 Å². The monoisotopic (exact) mass is 388 g/mol. The third-order valence-corrected chi connectivity index (χ3v) is 5.96. The summed E-state index contributed by atoms with van der Waals surface area (Å²) >= 11 is 0.946. The van der Waals surface area contributed by atoms with Crippen LogP contribution in [0.5, 0.6) is 0 Å². The zero-order chi connectivity index (χ0) is 18.6. The summed E-state index contributed by atoms with van der Waals surface area (Å²) in [7, 11) is 0. The lowest BCUT2D eigenvalue weighted by molar-refractivity contribution is -0.0490. The Bertz CT molecular complexity index is 1010. The van der Waals surface area contributed by atoms with E-state index in [2.05, 4.69) is 0 Å². The molecular formula is C18H16N2O6S. The molecule has 0 bridgehead atoms. The van der Waals surface area contributed by atoms with Crippen LogP contribution in [-0.4, -0.2) is 33.9 Å². The zero-order valence-corrected chi connectivity index (χ0v) is 15.0. The van der Waals surface area contributed by atoms with Crippen LogP contribution in [0, 0.1) is 5.41 Å². The molecule has 1 saturated carbocycles. The number of hydrogen-bond donors (Lipinski definition) is 0. The van der Waals surface area contributed by atoms with E-state index in [9.17, 15) is 14.4 Å². The van der Waals surface area contributed by atoms with Gasteiger partial charge in [0.05, 0.1) is 6.61 Å². The van der Waals surface area contributed by atoms with Crippen molar-refractivity contribution in [3.63, 3.8) is 0 Å². The molecule has 140 valence electrons. The van der Waals surface area contributed by atoms with E-state index in [0.717, 1.165) is 25.2 Å². The second-order valence-electron chi connectivity index (χ2n) is 6.98. The quantitative estimate of drug-likeness (QED) is 0.718. The van der Waals surface area contributed by atoms with Gasteiger partial charge in [-0.2, -0.15) is 4.57 Å². The molecular weight excluding hydrogens is 372 g/mol. The van der Waals surface area contributed by atoms with Gasteiger partial charge in [-0.1, -0.05) is 18.2 Å². The Hall–Kier alpha value is -2.20. The average molecular weight is 388 g/mol. The van der Waals surface area contributed by atoms with Crippen LogP contribution in [0.15, 0.2) is 52.2 Å². The zero-order valence-electron chi connectivity index (χ0n) is 14.1. The summed E-state index contributed by atoms with van der Waals surface area (Å²) in [6.45, 7) is 0.366. The minimum absolute atomic E-state index is 0.182.